The molecule has 2 heterocycles. The number of methoxy groups -OCH3 is 2. The van der Waals surface area contributed by atoms with Gasteiger partial charge < -0.3 is 14.8 Å². The van der Waals surface area contributed by atoms with Gasteiger partial charge in [0.25, 0.3) is 0 Å². The van der Waals surface area contributed by atoms with Gasteiger partial charge in [-0.3, -0.25) is 4.79 Å². The Bertz CT molecular complexity index is 1260. The normalized spacial score (nSPS) is 11.1. The minimum Gasteiger partial charge on any atom is -0.493 e. The first kappa shape index (κ1) is 20.7. The fourth-order valence-corrected chi connectivity index (χ4v) is 3.86. The highest BCUT2D eigenvalue weighted by molar-refractivity contribution is 5.92. The third-order valence-electron chi connectivity index (χ3n) is 5.56. The average Bonchev–Trinajstić information content (AvgIpc) is 3.16. The molecular formula is C24H26N4O3. The molecular weight excluding hydrogens is 392 g/mol. The van der Waals surface area contributed by atoms with Crippen molar-refractivity contribution in [2.45, 2.75) is 33.2 Å². The molecule has 1 amide bonds. The van der Waals surface area contributed by atoms with E-state index < -0.39 is 0 Å². The van der Waals surface area contributed by atoms with E-state index >= 15 is 0 Å². The van der Waals surface area contributed by atoms with E-state index in [2.05, 4.69) is 10.4 Å². The minimum atomic E-state index is -0.0145. The number of hydrogen-bond acceptors (Lipinski definition) is 5. The number of nitrogens with zero attached hydrogens (tertiary/aromatic N) is 3. The third kappa shape index (κ3) is 4.03. The van der Waals surface area contributed by atoms with Gasteiger partial charge in [0.15, 0.2) is 17.1 Å². The first-order valence-electron chi connectivity index (χ1n) is 10.2. The molecule has 0 aliphatic carbocycles. The Balaban J connectivity index is 1.45. The fraction of sp³-hybridized carbons (Fsp3) is 0.292. The van der Waals surface area contributed by atoms with E-state index in [1.165, 1.54) is 0 Å². The van der Waals surface area contributed by atoms with Gasteiger partial charge in [0.05, 0.1) is 19.7 Å². The summed E-state index contributed by atoms with van der Waals surface area (Å²) in [5.74, 6) is 1.29. The van der Waals surface area contributed by atoms with E-state index in [-0.39, 0.29) is 5.91 Å². The molecule has 4 aromatic rings. The number of benzene rings is 2. The summed E-state index contributed by atoms with van der Waals surface area (Å²) in [4.78, 5) is 17.3. The largest absolute Gasteiger partial charge is 0.493 e. The van der Waals surface area contributed by atoms with Gasteiger partial charge in [0.2, 0.25) is 5.91 Å². The van der Waals surface area contributed by atoms with Crippen LogP contribution in [-0.2, 0) is 17.8 Å². The molecule has 0 radical (unpaired) electrons. The predicted octanol–water partition coefficient (Wildman–Crippen LogP) is 3.77. The molecule has 0 unspecified atom stereocenters. The van der Waals surface area contributed by atoms with Crippen LogP contribution in [0.1, 0.15) is 28.9 Å². The summed E-state index contributed by atoms with van der Waals surface area (Å²) >= 11 is 0. The maximum Gasteiger partial charge on any atom is 0.220 e. The molecule has 0 fully saturated rings. The average molecular weight is 418 g/mol. The number of ether oxygens (including phenoxy) is 2. The summed E-state index contributed by atoms with van der Waals surface area (Å²) in [6.45, 7) is 4.45. The molecule has 31 heavy (non-hydrogen) atoms. The number of rotatable bonds is 7. The van der Waals surface area contributed by atoms with E-state index in [1.54, 1.807) is 14.2 Å². The van der Waals surface area contributed by atoms with Crippen molar-refractivity contribution in [2.24, 2.45) is 0 Å². The van der Waals surface area contributed by atoms with Crippen molar-refractivity contribution in [3.05, 3.63) is 65.0 Å². The van der Waals surface area contributed by atoms with Gasteiger partial charge in [-0.25, -0.2) is 9.50 Å². The summed E-state index contributed by atoms with van der Waals surface area (Å²) in [6, 6.07) is 13.6. The lowest BCUT2D eigenvalue weighted by Gasteiger charge is -2.12. The van der Waals surface area contributed by atoms with Crippen LogP contribution < -0.4 is 14.8 Å². The second-order valence-electron chi connectivity index (χ2n) is 7.48. The first-order chi connectivity index (χ1) is 15.0. The molecule has 0 atom stereocenters. The molecule has 0 saturated heterocycles. The van der Waals surface area contributed by atoms with Crippen LogP contribution in [0.3, 0.4) is 0 Å². The van der Waals surface area contributed by atoms with E-state index in [0.717, 1.165) is 39.1 Å². The minimum absolute atomic E-state index is 0.0145. The standard InChI is InChI=1S/C24H26N4O3/c1-15-18(16(2)28-24(26-15)19-7-5-6-8-20(19)27-28)10-12-23(29)25-14-17-9-11-21(30-3)22(13-17)31-4/h5-9,11,13H,10,12,14H2,1-4H3,(H,25,29). The van der Waals surface area contributed by atoms with Crippen molar-refractivity contribution in [3.8, 4) is 11.5 Å². The van der Waals surface area contributed by atoms with Crippen molar-refractivity contribution in [2.75, 3.05) is 14.2 Å². The highest BCUT2D eigenvalue weighted by Crippen LogP contribution is 2.27. The van der Waals surface area contributed by atoms with Gasteiger partial charge in [-0.2, -0.15) is 5.10 Å². The zero-order chi connectivity index (χ0) is 22.0. The van der Waals surface area contributed by atoms with E-state index in [9.17, 15) is 4.79 Å². The lowest BCUT2D eigenvalue weighted by Crippen LogP contribution is -2.23. The zero-order valence-electron chi connectivity index (χ0n) is 18.2. The van der Waals surface area contributed by atoms with Crippen molar-refractivity contribution >= 4 is 22.5 Å². The summed E-state index contributed by atoms with van der Waals surface area (Å²) in [5, 5.41) is 8.69. The molecule has 0 spiro atoms. The van der Waals surface area contributed by atoms with Crippen molar-refractivity contribution in [1.29, 1.82) is 0 Å². The van der Waals surface area contributed by atoms with E-state index in [1.807, 2.05) is 60.8 Å². The van der Waals surface area contributed by atoms with Crippen LogP contribution in [0.15, 0.2) is 42.5 Å². The Morgan fingerprint density at radius 2 is 1.84 bits per heavy atom. The number of hydrogen-bond donors (Lipinski definition) is 1. The summed E-state index contributed by atoms with van der Waals surface area (Å²) in [6.07, 6.45) is 0.984. The Hall–Kier alpha value is -3.61. The second-order valence-corrected chi connectivity index (χ2v) is 7.48. The van der Waals surface area contributed by atoms with Crippen LogP contribution in [0.5, 0.6) is 11.5 Å². The molecule has 0 aliphatic heterocycles. The molecule has 0 bridgehead atoms. The Labute approximate surface area is 181 Å². The molecule has 4 rings (SSSR count). The van der Waals surface area contributed by atoms with Crippen LogP contribution in [-0.4, -0.2) is 34.7 Å². The summed E-state index contributed by atoms with van der Waals surface area (Å²) in [5.41, 5.74) is 5.73. The molecule has 7 heteroatoms. The monoisotopic (exact) mass is 418 g/mol. The van der Waals surface area contributed by atoms with Gasteiger partial charge >= 0.3 is 0 Å². The van der Waals surface area contributed by atoms with Crippen LogP contribution in [0.2, 0.25) is 0 Å². The zero-order valence-corrected chi connectivity index (χ0v) is 18.2. The van der Waals surface area contributed by atoms with Crippen LogP contribution >= 0.6 is 0 Å². The van der Waals surface area contributed by atoms with Crippen LogP contribution in [0.25, 0.3) is 16.6 Å². The van der Waals surface area contributed by atoms with Gasteiger partial charge in [0, 0.05) is 29.7 Å². The topological polar surface area (TPSA) is 77.8 Å². The maximum atomic E-state index is 12.5. The number of fused-ring (bicyclic) bond motifs is 3. The van der Waals surface area contributed by atoms with Gasteiger partial charge in [-0.05, 0) is 55.7 Å². The Kier molecular flexibility index (Phi) is 5.75. The summed E-state index contributed by atoms with van der Waals surface area (Å²) in [7, 11) is 3.19. The number of carbonyl (C=O) groups excluding carboxylic acids is 1. The lowest BCUT2D eigenvalue weighted by atomic mass is 10.1. The van der Waals surface area contributed by atoms with Crippen LogP contribution in [0.4, 0.5) is 0 Å². The highest BCUT2D eigenvalue weighted by atomic mass is 16.5. The highest BCUT2D eigenvalue weighted by Gasteiger charge is 2.15. The van der Waals surface area contributed by atoms with Crippen molar-refractivity contribution < 1.29 is 14.3 Å². The third-order valence-corrected chi connectivity index (χ3v) is 5.56. The van der Waals surface area contributed by atoms with Gasteiger partial charge in [-0.1, -0.05) is 18.2 Å². The maximum absolute atomic E-state index is 12.5. The Morgan fingerprint density at radius 3 is 2.61 bits per heavy atom. The smallest absolute Gasteiger partial charge is 0.220 e. The molecule has 0 aliphatic rings. The molecule has 0 saturated carbocycles. The van der Waals surface area contributed by atoms with Crippen molar-refractivity contribution in [1.82, 2.24) is 19.9 Å². The molecule has 160 valence electrons. The quantitative estimate of drug-likeness (QED) is 0.494. The van der Waals surface area contributed by atoms with Crippen molar-refractivity contribution in [3.63, 3.8) is 0 Å². The second kappa shape index (κ2) is 8.63. The molecule has 1 N–H and O–H groups in total. The number of aryl methyl sites for hydroxylation is 2. The van der Waals surface area contributed by atoms with Crippen LogP contribution in [0, 0.1) is 13.8 Å². The van der Waals surface area contributed by atoms with E-state index in [4.69, 9.17) is 14.5 Å². The van der Waals surface area contributed by atoms with Gasteiger partial charge in [-0.15, -0.1) is 0 Å². The van der Waals surface area contributed by atoms with E-state index in [0.29, 0.717) is 30.9 Å². The number of nitrogens with one attached hydrogen (secondary N) is 1. The first-order valence-corrected chi connectivity index (χ1v) is 10.2. The number of aromatic nitrogens is 3. The number of carbonyl (C=O) groups is 1. The SMILES string of the molecule is COc1ccc(CNC(=O)CCc2c(C)nc3c4ccccc4nn3c2C)cc1OC. The molecule has 2 aromatic carbocycles. The lowest BCUT2D eigenvalue weighted by molar-refractivity contribution is -0.121. The number of amides is 1. The predicted molar refractivity (Wildman–Crippen MR) is 120 cm³/mol. The molecule has 7 nitrogen and oxygen atoms in total. The van der Waals surface area contributed by atoms with Gasteiger partial charge in [0.1, 0.15) is 0 Å². The fourth-order valence-electron chi connectivity index (χ4n) is 3.86. The molecule has 2 aromatic heterocycles. The summed E-state index contributed by atoms with van der Waals surface area (Å²) < 4.78 is 12.5. The Morgan fingerprint density at radius 1 is 1.06 bits per heavy atom.